The lowest BCUT2D eigenvalue weighted by Gasteiger charge is -2.29. The molecule has 1 fully saturated rings. The van der Waals surface area contributed by atoms with Gasteiger partial charge in [0, 0.05) is 10.6 Å². The molecule has 0 amide bonds. The molecule has 2 aromatic carbocycles. The summed E-state index contributed by atoms with van der Waals surface area (Å²) in [5, 5.41) is 0.833. The molecule has 0 unspecified atom stereocenters. The molecule has 0 saturated heterocycles. The quantitative estimate of drug-likeness (QED) is 0.409. The predicted molar refractivity (Wildman–Crippen MR) is 115 cm³/mol. The highest BCUT2D eigenvalue weighted by Crippen LogP contribution is 2.38. The maximum Gasteiger partial charge on any atom is 0.0484 e. The van der Waals surface area contributed by atoms with Crippen LogP contribution in [-0.2, 0) is 0 Å². The SMILES string of the molecule is CCCCCCCC1CCC(c2ccc(-c3ccccc3Cl)cc2)CC1. The van der Waals surface area contributed by atoms with Gasteiger partial charge in [0.2, 0.25) is 0 Å². The van der Waals surface area contributed by atoms with Crippen LogP contribution in [0.3, 0.4) is 0 Å². The van der Waals surface area contributed by atoms with Crippen molar-refractivity contribution in [3.05, 3.63) is 59.1 Å². The van der Waals surface area contributed by atoms with Crippen LogP contribution >= 0.6 is 11.6 Å². The molecule has 0 atom stereocenters. The second-order valence-electron chi connectivity index (χ2n) is 8.02. The minimum absolute atomic E-state index is 0.756. The topological polar surface area (TPSA) is 0 Å². The molecule has 0 heterocycles. The number of unbranched alkanes of at least 4 members (excludes halogenated alkanes) is 4. The third-order valence-electron chi connectivity index (χ3n) is 6.13. The molecule has 1 saturated carbocycles. The molecule has 26 heavy (non-hydrogen) atoms. The number of halogens is 1. The zero-order chi connectivity index (χ0) is 18.2. The average molecular weight is 369 g/mol. The molecule has 1 heteroatoms. The lowest BCUT2D eigenvalue weighted by molar-refractivity contribution is 0.302. The van der Waals surface area contributed by atoms with E-state index in [-0.39, 0.29) is 0 Å². The van der Waals surface area contributed by atoms with E-state index in [0.29, 0.717) is 0 Å². The molecule has 0 spiro atoms. The Morgan fingerprint density at radius 3 is 2.19 bits per heavy atom. The predicted octanol–water partition coefficient (Wildman–Crippen LogP) is 8.64. The Balaban J connectivity index is 1.48. The normalized spacial score (nSPS) is 20.2. The number of rotatable bonds is 8. The van der Waals surface area contributed by atoms with E-state index >= 15 is 0 Å². The number of benzene rings is 2. The summed E-state index contributed by atoms with van der Waals surface area (Å²) in [6, 6.07) is 17.3. The second kappa shape index (κ2) is 10.2. The van der Waals surface area contributed by atoms with E-state index in [2.05, 4.69) is 43.3 Å². The van der Waals surface area contributed by atoms with Gasteiger partial charge < -0.3 is 0 Å². The van der Waals surface area contributed by atoms with Crippen LogP contribution in [0.4, 0.5) is 0 Å². The highest BCUT2D eigenvalue weighted by Gasteiger charge is 2.22. The largest absolute Gasteiger partial charge is 0.0837 e. The lowest BCUT2D eigenvalue weighted by atomic mass is 9.77. The first kappa shape index (κ1) is 19.5. The molecule has 1 aliphatic carbocycles. The Morgan fingerprint density at radius 1 is 0.808 bits per heavy atom. The fourth-order valence-corrected chi connectivity index (χ4v) is 4.70. The Kier molecular flexibility index (Phi) is 7.62. The fraction of sp³-hybridized carbons (Fsp3) is 0.520. The van der Waals surface area contributed by atoms with E-state index in [1.165, 1.54) is 75.3 Å². The minimum Gasteiger partial charge on any atom is -0.0837 e. The van der Waals surface area contributed by atoms with Crippen molar-refractivity contribution in [2.24, 2.45) is 5.92 Å². The number of hydrogen-bond acceptors (Lipinski definition) is 0. The zero-order valence-electron chi connectivity index (χ0n) is 16.2. The first-order valence-electron chi connectivity index (χ1n) is 10.6. The van der Waals surface area contributed by atoms with Gasteiger partial charge in [0.25, 0.3) is 0 Å². The summed E-state index contributed by atoms with van der Waals surface area (Å²) >= 11 is 6.33. The molecule has 0 nitrogen and oxygen atoms in total. The van der Waals surface area contributed by atoms with Crippen molar-refractivity contribution < 1.29 is 0 Å². The summed E-state index contributed by atoms with van der Waals surface area (Å²) in [4.78, 5) is 0. The van der Waals surface area contributed by atoms with Crippen LogP contribution in [0.1, 0.15) is 82.6 Å². The highest BCUT2D eigenvalue weighted by atomic mass is 35.5. The first-order chi connectivity index (χ1) is 12.8. The van der Waals surface area contributed by atoms with Crippen molar-refractivity contribution in [2.75, 3.05) is 0 Å². The van der Waals surface area contributed by atoms with E-state index < -0.39 is 0 Å². The van der Waals surface area contributed by atoms with Gasteiger partial charge >= 0.3 is 0 Å². The van der Waals surface area contributed by atoms with Crippen molar-refractivity contribution in [1.29, 1.82) is 0 Å². The van der Waals surface area contributed by atoms with Gasteiger partial charge in [0.15, 0.2) is 0 Å². The van der Waals surface area contributed by atoms with E-state index in [9.17, 15) is 0 Å². The molecular formula is C25H33Cl. The van der Waals surface area contributed by atoms with Crippen molar-refractivity contribution in [3.8, 4) is 11.1 Å². The van der Waals surface area contributed by atoms with Gasteiger partial charge in [-0.05, 0) is 54.7 Å². The average Bonchev–Trinajstić information content (AvgIpc) is 2.69. The van der Waals surface area contributed by atoms with Crippen molar-refractivity contribution in [3.63, 3.8) is 0 Å². The van der Waals surface area contributed by atoms with Crippen LogP contribution in [-0.4, -0.2) is 0 Å². The smallest absolute Gasteiger partial charge is 0.0484 e. The molecule has 0 bridgehead atoms. The van der Waals surface area contributed by atoms with Gasteiger partial charge in [-0.25, -0.2) is 0 Å². The van der Waals surface area contributed by atoms with Gasteiger partial charge in [-0.3, -0.25) is 0 Å². The third-order valence-corrected chi connectivity index (χ3v) is 6.46. The molecular weight excluding hydrogens is 336 g/mol. The summed E-state index contributed by atoms with van der Waals surface area (Å²) in [6.45, 7) is 2.29. The van der Waals surface area contributed by atoms with Gasteiger partial charge in [-0.1, -0.05) is 99.5 Å². The van der Waals surface area contributed by atoms with Gasteiger partial charge in [0.1, 0.15) is 0 Å². The summed E-state index contributed by atoms with van der Waals surface area (Å²) in [5.41, 5.74) is 3.87. The maximum absolute atomic E-state index is 6.33. The molecule has 3 rings (SSSR count). The van der Waals surface area contributed by atoms with E-state index in [1.807, 2.05) is 12.1 Å². The van der Waals surface area contributed by atoms with E-state index in [1.54, 1.807) is 0 Å². The van der Waals surface area contributed by atoms with Gasteiger partial charge in [0.05, 0.1) is 0 Å². The van der Waals surface area contributed by atoms with Crippen molar-refractivity contribution in [1.82, 2.24) is 0 Å². The van der Waals surface area contributed by atoms with Crippen LogP contribution in [0.2, 0.25) is 5.02 Å². The molecule has 0 aromatic heterocycles. The first-order valence-corrected chi connectivity index (χ1v) is 11.0. The maximum atomic E-state index is 6.33. The van der Waals surface area contributed by atoms with Gasteiger partial charge in [-0.2, -0.15) is 0 Å². The van der Waals surface area contributed by atoms with E-state index in [0.717, 1.165) is 22.4 Å². The highest BCUT2D eigenvalue weighted by molar-refractivity contribution is 6.33. The summed E-state index contributed by atoms with van der Waals surface area (Å²) in [5.74, 6) is 1.74. The Hall–Kier alpha value is -1.27. The molecule has 0 aliphatic heterocycles. The van der Waals surface area contributed by atoms with Gasteiger partial charge in [-0.15, -0.1) is 0 Å². The summed E-state index contributed by atoms with van der Waals surface area (Å²) in [7, 11) is 0. The van der Waals surface area contributed by atoms with Crippen LogP contribution in [0.15, 0.2) is 48.5 Å². The Morgan fingerprint density at radius 2 is 1.50 bits per heavy atom. The van der Waals surface area contributed by atoms with E-state index in [4.69, 9.17) is 11.6 Å². The molecule has 1 aliphatic rings. The van der Waals surface area contributed by atoms with Crippen LogP contribution < -0.4 is 0 Å². The van der Waals surface area contributed by atoms with Crippen LogP contribution in [0, 0.1) is 5.92 Å². The zero-order valence-corrected chi connectivity index (χ0v) is 17.0. The van der Waals surface area contributed by atoms with Crippen molar-refractivity contribution in [2.45, 2.75) is 77.0 Å². The molecule has 140 valence electrons. The summed E-state index contributed by atoms with van der Waals surface area (Å²) < 4.78 is 0. The third kappa shape index (κ3) is 5.36. The lowest BCUT2D eigenvalue weighted by Crippen LogP contribution is -2.13. The standard InChI is InChI=1S/C25H33Cl/c1-2-3-4-5-6-9-20-12-14-21(15-13-20)22-16-18-23(19-17-22)24-10-7-8-11-25(24)26/h7-8,10-11,16-21H,2-6,9,12-15H2,1H3. The monoisotopic (exact) mass is 368 g/mol. The molecule has 0 radical (unpaired) electrons. The molecule has 0 N–H and O–H groups in total. The van der Waals surface area contributed by atoms with Crippen molar-refractivity contribution >= 4 is 11.6 Å². The minimum atomic E-state index is 0.756. The van der Waals surface area contributed by atoms with Crippen LogP contribution in [0.5, 0.6) is 0 Å². The number of hydrogen-bond donors (Lipinski definition) is 0. The van der Waals surface area contributed by atoms with Crippen LogP contribution in [0.25, 0.3) is 11.1 Å². The second-order valence-corrected chi connectivity index (χ2v) is 8.43. The Labute approximate surface area is 165 Å². The fourth-order valence-electron chi connectivity index (χ4n) is 4.45. The molecule has 2 aromatic rings. The Bertz CT molecular complexity index is 650. The summed E-state index contributed by atoms with van der Waals surface area (Å²) in [6.07, 6.45) is 14.1.